The molecule has 19 heavy (non-hydrogen) atoms. The molecule has 0 atom stereocenters. The Balaban J connectivity index is 2.01. The lowest BCUT2D eigenvalue weighted by Crippen LogP contribution is -2.36. The molecule has 0 aliphatic heterocycles. The predicted octanol–water partition coefficient (Wildman–Crippen LogP) is 0.853. The molecular formula is C14H15N3O2. The van der Waals surface area contributed by atoms with Crippen LogP contribution in [-0.4, -0.2) is 24.9 Å². The van der Waals surface area contributed by atoms with Crippen molar-refractivity contribution in [3.63, 3.8) is 0 Å². The van der Waals surface area contributed by atoms with E-state index in [2.05, 4.69) is 10.6 Å². The van der Waals surface area contributed by atoms with Crippen molar-refractivity contribution in [2.75, 3.05) is 18.4 Å². The lowest BCUT2D eigenvalue weighted by molar-refractivity contribution is -0.123. The Morgan fingerprint density at radius 1 is 1.00 bits per heavy atom. The molecule has 0 aliphatic rings. The van der Waals surface area contributed by atoms with E-state index in [1.165, 1.54) is 0 Å². The fourth-order valence-electron chi connectivity index (χ4n) is 1.72. The molecule has 5 heteroatoms. The van der Waals surface area contributed by atoms with E-state index in [9.17, 15) is 9.59 Å². The SMILES string of the molecule is NCC(=O)NCC(=O)Nc1ccc2ccccc2c1. The number of anilines is 1. The second kappa shape index (κ2) is 5.97. The highest BCUT2D eigenvalue weighted by Gasteiger charge is 2.04. The Labute approximate surface area is 110 Å². The molecule has 0 saturated heterocycles. The number of nitrogens with two attached hydrogens (primary N) is 1. The molecule has 0 heterocycles. The second-order valence-electron chi connectivity index (χ2n) is 4.09. The topological polar surface area (TPSA) is 84.2 Å². The minimum atomic E-state index is -0.353. The van der Waals surface area contributed by atoms with Crippen LogP contribution in [0.4, 0.5) is 5.69 Å². The van der Waals surface area contributed by atoms with E-state index in [1.807, 2.05) is 42.5 Å². The fraction of sp³-hybridized carbons (Fsp3) is 0.143. The number of amides is 2. The zero-order valence-electron chi connectivity index (χ0n) is 10.3. The summed E-state index contributed by atoms with van der Waals surface area (Å²) in [7, 11) is 0. The van der Waals surface area contributed by atoms with Crippen LogP contribution in [0.15, 0.2) is 42.5 Å². The van der Waals surface area contributed by atoms with Crippen LogP contribution in [-0.2, 0) is 9.59 Å². The number of rotatable bonds is 4. The van der Waals surface area contributed by atoms with Crippen molar-refractivity contribution in [3.8, 4) is 0 Å². The Bertz CT molecular complexity index is 610. The molecule has 0 fully saturated rings. The summed E-state index contributed by atoms with van der Waals surface area (Å²) in [5, 5.41) is 7.29. The summed E-state index contributed by atoms with van der Waals surface area (Å²) < 4.78 is 0. The number of hydrogen-bond donors (Lipinski definition) is 3. The van der Waals surface area contributed by atoms with Gasteiger partial charge < -0.3 is 16.4 Å². The van der Waals surface area contributed by atoms with Gasteiger partial charge in [0.05, 0.1) is 13.1 Å². The van der Waals surface area contributed by atoms with Gasteiger partial charge in [-0.1, -0.05) is 30.3 Å². The lowest BCUT2D eigenvalue weighted by Gasteiger charge is -2.07. The Kier molecular flexibility index (Phi) is 4.10. The third-order valence-corrected chi connectivity index (χ3v) is 2.66. The van der Waals surface area contributed by atoms with Crippen LogP contribution in [0.5, 0.6) is 0 Å². The third kappa shape index (κ3) is 3.53. The minimum absolute atomic E-state index is 0.0805. The van der Waals surface area contributed by atoms with Gasteiger partial charge in [0, 0.05) is 5.69 Å². The largest absolute Gasteiger partial charge is 0.346 e. The molecule has 0 radical (unpaired) electrons. The highest BCUT2D eigenvalue weighted by atomic mass is 16.2. The number of nitrogens with one attached hydrogen (secondary N) is 2. The molecule has 0 saturated carbocycles. The average molecular weight is 257 g/mol. The highest BCUT2D eigenvalue weighted by Crippen LogP contribution is 2.18. The van der Waals surface area contributed by atoms with Crippen molar-refractivity contribution in [1.29, 1.82) is 0 Å². The molecule has 5 nitrogen and oxygen atoms in total. The van der Waals surface area contributed by atoms with Crippen molar-refractivity contribution < 1.29 is 9.59 Å². The smallest absolute Gasteiger partial charge is 0.243 e. The molecule has 0 unspecified atom stereocenters. The molecule has 2 aromatic rings. The van der Waals surface area contributed by atoms with Crippen molar-refractivity contribution in [2.45, 2.75) is 0 Å². The summed E-state index contributed by atoms with van der Waals surface area (Å²) in [6.45, 7) is -0.202. The monoisotopic (exact) mass is 257 g/mol. The van der Waals surface area contributed by atoms with Crippen LogP contribution in [0, 0.1) is 0 Å². The first kappa shape index (κ1) is 13.0. The van der Waals surface area contributed by atoms with E-state index in [0.29, 0.717) is 5.69 Å². The van der Waals surface area contributed by atoms with Crippen LogP contribution >= 0.6 is 0 Å². The summed E-state index contributed by atoms with van der Waals surface area (Å²) >= 11 is 0. The van der Waals surface area contributed by atoms with Gasteiger partial charge in [-0.2, -0.15) is 0 Å². The molecule has 2 rings (SSSR count). The van der Waals surface area contributed by atoms with Gasteiger partial charge in [0.2, 0.25) is 11.8 Å². The number of fused-ring (bicyclic) bond motifs is 1. The first-order valence-electron chi connectivity index (χ1n) is 5.94. The Hall–Kier alpha value is -2.40. The summed E-state index contributed by atoms with van der Waals surface area (Å²) in [6.07, 6.45) is 0. The maximum atomic E-state index is 11.6. The van der Waals surface area contributed by atoms with E-state index in [0.717, 1.165) is 10.8 Å². The van der Waals surface area contributed by atoms with Crippen molar-refractivity contribution in [1.82, 2.24) is 5.32 Å². The molecule has 0 aromatic heterocycles. The molecule has 4 N–H and O–H groups in total. The first-order valence-corrected chi connectivity index (χ1v) is 5.94. The van der Waals surface area contributed by atoms with Crippen LogP contribution in [0.1, 0.15) is 0 Å². The zero-order valence-corrected chi connectivity index (χ0v) is 10.3. The first-order chi connectivity index (χ1) is 9.19. The van der Waals surface area contributed by atoms with Crippen LogP contribution in [0.3, 0.4) is 0 Å². The van der Waals surface area contributed by atoms with Gasteiger partial charge in [0.25, 0.3) is 0 Å². The van der Waals surface area contributed by atoms with E-state index >= 15 is 0 Å². The van der Waals surface area contributed by atoms with Gasteiger partial charge in [-0.15, -0.1) is 0 Å². The summed E-state index contributed by atoms with van der Waals surface area (Å²) in [6, 6.07) is 13.5. The quantitative estimate of drug-likeness (QED) is 0.759. The molecular weight excluding hydrogens is 242 g/mol. The molecule has 0 aliphatic carbocycles. The highest BCUT2D eigenvalue weighted by molar-refractivity contribution is 5.97. The number of hydrogen-bond acceptors (Lipinski definition) is 3. The number of carbonyl (C=O) groups excluding carboxylic acids is 2. The van der Waals surface area contributed by atoms with Gasteiger partial charge in [0.15, 0.2) is 0 Å². The lowest BCUT2D eigenvalue weighted by atomic mass is 10.1. The van der Waals surface area contributed by atoms with Gasteiger partial charge in [-0.05, 0) is 22.9 Å². The van der Waals surface area contributed by atoms with Crippen molar-refractivity contribution in [2.24, 2.45) is 5.73 Å². The van der Waals surface area contributed by atoms with Crippen molar-refractivity contribution >= 4 is 28.3 Å². The summed E-state index contributed by atoms with van der Waals surface area (Å²) in [5.74, 6) is -0.634. The van der Waals surface area contributed by atoms with Gasteiger partial charge >= 0.3 is 0 Å². The van der Waals surface area contributed by atoms with Crippen LogP contribution in [0.25, 0.3) is 10.8 Å². The number of benzene rings is 2. The average Bonchev–Trinajstić information content (AvgIpc) is 2.44. The Morgan fingerprint density at radius 2 is 1.74 bits per heavy atom. The minimum Gasteiger partial charge on any atom is -0.346 e. The molecule has 0 spiro atoms. The number of carbonyl (C=O) groups is 2. The molecule has 2 aromatic carbocycles. The van der Waals surface area contributed by atoms with E-state index in [-0.39, 0.29) is 24.9 Å². The van der Waals surface area contributed by atoms with Crippen LogP contribution in [0.2, 0.25) is 0 Å². The van der Waals surface area contributed by atoms with Crippen molar-refractivity contribution in [3.05, 3.63) is 42.5 Å². The Morgan fingerprint density at radius 3 is 2.47 bits per heavy atom. The molecule has 2 amide bonds. The van der Waals surface area contributed by atoms with Gasteiger partial charge in [0.1, 0.15) is 0 Å². The summed E-state index contributed by atoms with van der Waals surface area (Å²) in [4.78, 5) is 22.5. The normalized spacial score (nSPS) is 10.2. The van der Waals surface area contributed by atoms with E-state index in [4.69, 9.17) is 5.73 Å². The standard InChI is InChI=1S/C14H15N3O2/c15-8-13(18)16-9-14(19)17-12-6-5-10-3-1-2-4-11(10)7-12/h1-7H,8-9,15H2,(H,16,18)(H,17,19). The predicted molar refractivity (Wildman–Crippen MR) is 74.6 cm³/mol. The fourth-order valence-corrected chi connectivity index (χ4v) is 1.72. The second-order valence-corrected chi connectivity index (χ2v) is 4.09. The van der Waals surface area contributed by atoms with E-state index < -0.39 is 0 Å². The molecule has 0 bridgehead atoms. The maximum absolute atomic E-state index is 11.6. The summed E-state index contributed by atoms with van der Waals surface area (Å²) in [5.41, 5.74) is 5.83. The zero-order chi connectivity index (χ0) is 13.7. The van der Waals surface area contributed by atoms with Gasteiger partial charge in [-0.3, -0.25) is 9.59 Å². The van der Waals surface area contributed by atoms with Gasteiger partial charge in [-0.25, -0.2) is 0 Å². The van der Waals surface area contributed by atoms with E-state index in [1.54, 1.807) is 0 Å². The van der Waals surface area contributed by atoms with Crippen LogP contribution < -0.4 is 16.4 Å². The maximum Gasteiger partial charge on any atom is 0.243 e. The molecule has 98 valence electrons. The third-order valence-electron chi connectivity index (χ3n) is 2.66.